The number of nitrogens with two attached hydrogens (primary N) is 1. The summed E-state index contributed by atoms with van der Waals surface area (Å²) in [4.78, 5) is 14.8. The molecule has 1 amide bonds. The molecule has 0 aliphatic carbocycles. The van der Waals surface area contributed by atoms with Crippen molar-refractivity contribution in [1.29, 1.82) is 0 Å². The molecule has 3 N–H and O–H groups in total. The van der Waals surface area contributed by atoms with Crippen LogP contribution in [0.5, 0.6) is 0 Å². The van der Waals surface area contributed by atoms with E-state index in [-0.39, 0.29) is 12.1 Å². The highest BCUT2D eigenvalue weighted by Crippen LogP contribution is 2.36. The molecule has 1 heterocycles. The van der Waals surface area contributed by atoms with Gasteiger partial charge in [-0.05, 0) is 75.4 Å². The van der Waals surface area contributed by atoms with Gasteiger partial charge >= 0.3 is 6.09 Å². The van der Waals surface area contributed by atoms with Crippen molar-refractivity contribution >= 4 is 23.4 Å². The van der Waals surface area contributed by atoms with Crippen LogP contribution in [0.15, 0.2) is 48.5 Å². The van der Waals surface area contributed by atoms with Crippen LogP contribution in [0.25, 0.3) is 0 Å². The Balaban J connectivity index is 1.86. The van der Waals surface area contributed by atoms with E-state index in [0.717, 1.165) is 12.0 Å². The number of likely N-dealkylation sites (tertiary alicyclic amines) is 1. The lowest BCUT2D eigenvalue weighted by Crippen LogP contribution is -2.47. The van der Waals surface area contributed by atoms with Crippen molar-refractivity contribution in [1.82, 2.24) is 4.90 Å². The molecule has 1 fully saturated rings. The highest BCUT2D eigenvalue weighted by Gasteiger charge is 2.42. The molecule has 0 radical (unpaired) electrons. The molecule has 5 nitrogen and oxygen atoms in total. The van der Waals surface area contributed by atoms with Gasteiger partial charge in [-0.2, -0.15) is 0 Å². The predicted octanol–water partition coefficient (Wildman–Crippen LogP) is 4.97. The third kappa shape index (κ3) is 5.43. The molecule has 3 atom stereocenters. The summed E-state index contributed by atoms with van der Waals surface area (Å²) in [5.41, 5.74) is 7.67. The second-order valence-electron chi connectivity index (χ2n) is 8.63. The Kier molecular flexibility index (Phi) is 6.39. The number of hydrogen-bond donors (Lipinski definition) is 2. The van der Waals surface area contributed by atoms with Crippen LogP contribution in [0.2, 0.25) is 5.02 Å². The topological polar surface area (TPSA) is 75.8 Å². The normalized spacial score (nSPS) is 20.5. The van der Waals surface area contributed by atoms with Crippen molar-refractivity contribution in [3.8, 4) is 0 Å². The van der Waals surface area contributed by atoms with E-state index in [1.807, 2.05) is 51.1 Å². The summed E-state index contributed by atoms with van der Waals surface area (Å²) in [5, 5.41) is 11.6. The van der Waals surface area contributed by atoms with Gasteiger partial charge in [-0.25, -0.2) is 4.79 Å². The van der Waals surface area contributed by atoms with Crippen LogP contribution < -0.4 is 5.73 Å². The van der Waals surface area contributed by atoms with Crippen molar-refractivity contribution < 1.29 is 14.6 Å². The van der Waals surface area contributed by atoms with Gasteiger partial charge in [0.25, 0.3) is 0 Å². The van der Waals surface area contributed by atoms with Crippen LogP contribution in [0.3, 0.4) is 0 Å². The standard InChI is InChI=1S/C23H29ClN2O3/c1-23(2,3)29-22(28)26-19(13-15-7-9-18(25)10-8-15)11-12-20(26)21(27)16-5-4-6-17(24)14-16/h4-10,14,19-21,27H,11-13,25H2,1-3H3/t19-,20+,21+/m0/s1. The molecule has 2 aromatic rings. The Morgan fingerprint density at radius 2 is 1.93 bits per heavy atom. The first kappa shape index (κ1) is 21.5. The SMILES string of the molecule is CC(C)(C)OC(=O)N1[C@H](Cc2ccc(N)cc2)CC[C@@H]1[C@H](O)c1cccc(Cl)c1. The number of amides is 1. The van der Waals surface area contributed by atoms with E-state index in [0.29, 0.717) is 29.1 Å². The van der Waals surface area contributed by atoms with Crippen molar-refractivity contribution in [3.05, 3.63) is 64.7 Å². The lowest BCUT2D eigenvalue weighted by molar-refractivity contribution is -0.00452. The van der Waals surface area contributed by atoms with E-state index in [9.17, 15) is 9.90 Å². The van der Waals surface area contributed by atoms with E-state index >= 15 is 0 Å². The number of rotatable bonds is 4. The number of aliphatic hydroxyl groups is 1. The Labute approximate surface area is 177 Å². The molecule has 0 saturated carbocycles. The first-order chi connectivity index (χ1) is 13.6. The van der Waals surface area contributed by atoms with Crippen LogP contribution in [-0.4, -0.2) is 33.8 Å². The lowest BCUT2D eigenvalue weighted by atomic mass is 10.0. The highest BCUT2D eigenvalue weighted by molar-refractivity contribution is 6.30. The third-order valence-corrected chi connectivity index (χ3v) is 5.39. The van der Waals surface area contributed by atoms with Crippen LogP contribution in [0.1, 0.15) is 50.8 Å². The first-order valence-electron chi connectivity index (χ1n) is 9.93. The second kappa shape index (κ2) is 8.64. The van der Waals surface area contributed by atoms with Crippen molar-refractivity contribution in [2.24, 2.45) is 0 Å². The molecule has 29 heavy (non-hydrogen) atoms. The quantitative estimate of drug-likeness (QED) is 0.690. The van der Waals surface area contributed by atoms with Crippen molar-refractivity contribution in [2.45, 2.75) is 63.8 Å². The first-order valence-corrected chi connectivity index (χ1v) is 10.3. The van der Waals surface area contributed by atoms with E-state index in [1.54, 1.807) is 23.1 Å². The minimum absolute atomic E-state index is 0.0627. The highest BCUT2D eigenvalue weighted by atomic mass is 35.5. The zero-order chi connectivity index (χ0) is 21.2. The number of benzene rings is 2. The Hall–Kier alpha value is -2.24. The Morgan fingerprint density at radius 3 is 2.55 bits per heavy atom. The van der Waals surface area contributed by atoms with Crippen LogP contribution in [-0.2, 0) is 11.2 Å². The number of anilines is 1. The molecule has 6 heteroatoms. The molecule has 1 aliphatic rings. The smallest absolute Gasteiger partial charge is 0.410 e. The van der Waals surface area contributed by atoms with Gasteiger partial charge in [-0.3, -0.25) is 4.90 Å². The Bertz CT molecular complexity index is 848. The average Bonchev–Trinajstić information content (AvgIpc) is 3.05. The molecular formula is C23H29ClN2O3. The number of aliphatic hydroxyl groups excluding tert-OH is 1. The zero-order valence-electron chi connectivity index (χ0n) is 17.1. The number of carbonyl (C=O) groups is 1. The van der Waals surface area contributed by atoms with Gasteiger partial charge in [-0.15, -0.1) is 0 Å². The minimum atomic E-state index is -0.836. The maximum Gasteiger partial charge on any atom is 0.410 e. The minimum Gasteiger partial charge on any atom is -0.444 e. The van der Waals surface area contributed by atoms with Gasteiger partial charge in [0.05, 0.1) is 12.1 Å². The summed E-state index contributed by atoms with van der Waals surface area (Å²) < 4.78 is 5.68. The summed E-state index contributed by atoms with van der Waals surface area (Å²) in [6, 6.07) is 14.4. The number of carbonyl (C=O) groups excluding carboxylic acids is 1. The van der Waals surface area contributed by atoms with Crippen molar-refractivity contribution in [2.75, 3.05) is 5.73 Å². The summed E-state index contributed by atoms with van der Waals surface area (Å²) in [6.45, 7) is 5.54. The lowest BCUT2D eigenvalue weighted by Gasteiger charge is -2.35. The van der Waals surface area contributed by atoms with Gasteiger partial charge in [0.15, 0.2) is 0 Å². The van der Waals surface area contributed by atoms with E-state index in [4.69, 9.17) is 22.1 Å². The van der Waals surface area contributed by atoms with Crippen LogP contribution in [0, 0.1) is 0 Å². The van der Waals surface area contributed by atoms with E-state index < -0.39 is 17.8 Å². The van der Waals surface area contributed by atoms with Gasteiger partial charge < -0.3 is 15.6 Å². The summed E-state index contributed by atoms with van der Waals surface area (Å²) in [6.07, 6.45) is 0.913. The molecule has 3 rings (SSSR count). The fraction of sp³-hybridized carbons (Fsp3) is 0.435. The fourth-order valence-corrected chi connectivity index (χ4v) is 4.06. The summed E-state index contributed by atoms with van der Waals surface area (Å²) in [7, 11) is 0. The number of halogens is 1. The maximum atomic E-state index is 13.1. The molecule has 2 aromatic carbocycles. The molecule has 156 valence electrons. The largest absolute Gasteiger partial charge is 0.444 e. The van der Waals surface area contributed by atoms with E-state index in [1.165, 1.54) is 0 Å². The molecule has 0 bridgehead atoms. The molecule has 1 aliphatic heterocycles. The predicted molar refractivity (Wildman–Crippen MR) is 116 cm³/mol. The molecule has 0 aromatic heterocycles. The summed E-state index contributed by atoms with van der Waals surface area (Å²) in [5.74, 6) is 0. The van der Waals surface area contributed by atoms with Gasteiger partial charge in [0, 0.05) is 16.8 Å². The monoisotopic (exact) mass is 416 g/mol. The number of hydrogen-bond acceptors (Lipinski definition) is 4. The van der Waals surface area contributed by atoms with Crippen LogP contribution in [0.4, 0.5) is 10.5 Å². The van der Waals surface area contributed by atoms with Gasteiger partial charge in [0.1, 0.15) is 5.60 Å². The Morgan fingerprint density at radius 1 is 1.24 bits per heavy atom. The number of nitrogen functional groups attached to an aromatic ring is 1. The number of ether oxygens (including phenoxy) is 1. The summed E-state index contributed by atoms with van der Waals surface area (Å²) >= 11 is 6.10. The van der Waals surface area contributed by atoms with Crippen molar-refractivity contribution in [3.63, 3.8) is 0 Å². The van der Waals surface area contributed by atoms with Crippen LogP contribution >= 0.6 is 11.6 Å². The molecular weight excluding hydrogens is 388 g/mol. The molecule has 0 unspecified atom stereocenters. The molecule has 0 spiro atoms. The zero-order valence-corrected chi connectivity index (χ0v) is 17.9. The van der Waals surface area contributed by atoms with E-state index in [2.05, 4.69) is 0 Å². The fourth-order valence-electron chi connectivity index (χ4n) is 3.86. The van der Waals surface area contributed by atoms with Gasteiger partial charge in [-0.1, -0.05) is 35.9 Å². The maximum absolute atomic E-state index is 13.1. The average molecular weight is 417 g/mol. The third-order valence-electron chi connectivity index (χ3n) is 5.16. The molecule has 1 saturated heterocycles. The van der Waals surface area contributed by atoms with Gasteiger partial charge in [0.2, 0.25) is 0 Å². The number of nitrogens with zero attached hydrogens (tertiary/aromatic N) is 1. The second-order valence-corrected chi connectivity index (χ2v) is 9.07.